The molecule has 9 heteroatoms. The second kappa shape index (κ2) is 14.1. The zero-order valence-electron chi connectivity index (χ0n) is 34.9. The number of hydrogen-bond acceptors (Lipinski definition) is 1. The molecule has 0 unspecified atom stereocenters. The second-order valence-corrected chi connectivity index (χ2v) is 18.0. The number of rotatable bonds is 4. The highest BCUT2D eigenvalue weighted by molar-refractivity contribution is 6.12. The minimum Gasteiger partial charge on any atom is -0.309 e. The van der Waals surface area contributed by atoms with Gasteiger partial charge in [-0.05, 0) is 100 Å². The van der Waals surface area contributed by atoms with Crippen molar-refractivity contribution in [2.45, 2.75) is 64.7 Å². The molecular formula is C53H41F6N3. The van der Waals surface area contributed by atoms with Gasteiger partial charge in [0, 0.05) is 38.2 Å². The molecular weight excluding hydrogens is 793 g/mol. The molecule has 0 aliphatic heterocycles. The topological polar surface area (TPSA) is 33.6 Å². The van der Waals surface area contributed by atoms with Crippen LogP contribution in [0, 0.1) is 11.3 Å². The Bertz CT molecular complexity index is 3270. The summed E-state index contributed by atoms with van der Waals surface area (Å²) in [5.41, 5.74) is 3.43. The van der Waals surface area contributed by atoms with E-state index in [-0.39, 0.29) is 16.4 Å². The molecule has 2 aromatic heterocycles. The van der Waals surface area contributed by atoms with Crippen molar-refractivity contribution in [1.82, 2.24) is 9.13 Å². The van der Waals surface area contributed by atoms with Crippen LogP contribution in [0.25, 0.3) is 77.2 Å². The number of aromatic nitrogens is 2. The van der Waals surface area contributed by atoms with E-state index in [2.05, 4.69) is 82.5 Å². The highest BCUT2D eigenvalue weighted by Gasteiger charge is 2.41. The van der Waals surface area contributed by atoms with Crippen molar-refractivity contribution < 1.29 is 26.3 Å². The molecule has 310 valence electrons. The van der Waals surface area contributed by atoms with Gasteiger partial charge in [0.25, 0.3) is 0 Å². The number of nitriles is 1. The quantitative estimate of drug-likeness (QED) is 0.163. The molecule has 9 aromatic rings. The van der Waals surface area contributed by atoms with Gasteiger partial charge in [0.1, 0.15) is 0 Å². The molecule has 62 heavy (non-hydrogen) atoms. The minimum atomic E-state index is -5.09. The van der Waals surface area contributed by atoms with Gasteiger partial charge < -0.3 is 9.13 Å². The summed E-state index contributed by atoms with van der Waals surface area (Å²) in [6.07, 6.45) is -10.2. The first-order valence-electron chi connectivity index (χ1n) is 20.3. The molecule has 7 aromatic carbocycles. The SMILES string of the molecule is CC(C)(C)c1ccc2c(c1)c1ccccc1n2-c1ccc(C#N)cc1-c1ccc(-c2c(C(F)(F)F)cccc2C(F)(F)F)cc1-n1c2ccccc2c2cc(C(C)(C)C)ccc21. The number of alkyl halides is 6. The number of benzene rings is 7. The number of nitrogens with zero attached hydrogens (tertiary/aromatic N) is 3. The Morgan fingerprint density at radius 1 is 0.435 bits per heavy atom. The maximum Gasteiger partial charge on any atom is 0.417 e. The van der Waals surface area contributed by atoms with E-state index in [4.69, 9.17) is 0 Å². The van der Waals surface area contributed by atoms with Crippen molar-refractivity contribution in [1.29, 1.82) is 5.26 Å². The van der Waals surface area contributed by atoms with Crippen LogP contribution in [0.5, 0.6) is 0 Å². The third kappa shape index (κ3) is 6.69. The Hall–Kier alpha value is -6.79. The summed E-state index contributed by atoms with van der Waals surface area (Å²) in [6, 6.07) is 42.2. The van der Waals surface area contributed by atoms with Gasteiger partial charge in [-0.15, -0.1) is 0 Å². The summed E-state index contributed by atoms with van der Waals surface area (Å²) in [4.78, 5) is 0. The third-order valence-corrected chi connectivity index (χ3v) is 11.9. The lowest BCUT2D eigenvalue weighted by Gasteiger charge is -2.23. The lowest BCUT2D eigenvalue weighted by atomic mass is 9.86. The Morgan fingerprint density at radius 2 is 0.919 bits per heavy atom. The molecule has 0 saturated heterocycles. The third-order valence-electron chi connectivity index (χ3n) is 11.9. The summed E-state index contributed by atoms with van der Waals surface area (Å²) in [5, 5.41) is 14.1. The summed E-state index contributed by atoms with van der Waals surface area (Å²) >= 11 is 0. The van der Waals surface area contributed by atoms with Crippen molar-refractivity contribution >= 4 is 43.6 Å². The average Bonchev–Trinajstić information content (AvgIpc) is 3.74. The summed E-state index contributed by atoms with van der Waals surface area (Å²) < 4.78 is 92.9. The largest absolute Gasteiger partial charge is 0.417 e. The molecule has 0 atom stereocenters. The van der Waals surface area contributed by atoms with E-state index < -0.39 is 29.0 Å². The van der Waals surface area contributed by atoms with E-state index in [9.17, 15) is 31.6 Å². The van der Waals surface area contributed by atoms with Crippen LogP contribution in [0.4, 0.5) is 26.3 Å². The van der Waals surface area contributed by atoms with Gasteiger partial charge in [0.2, 0.25) is 0 Å². The van der Waals surface area contributed by atoms with Gasteiger partial charge in [-0.25, -0.2) is 0 Å². The van der Waals surface area contributed by atoms with E-state index in [1.807, 2.05) is 65.2 Å². The Balaban J connectivity index is 1.44. The lowest BCUT2D eigenvalue weighted by Crippen LogP contribution is -2.14. The van der Waals surface area contributed by atoms with Crippen LogP contribution in [-0.4, -0.2) is 9.13 Å². The van der Waals surface area contributed by atoms with Crippen LogP contribution in [-0.2, 0) is 23.2 Å². The molecule has 0 fully saturated rings. The molecule has 0 amide bonds. The van der Waals surface area contributed by atoms with Crippen LogP contribution < -0.4 is 0 Å². The van der Waals surface area contributed by atoms with E-state index in [0.717, 1.165) is 49.8 Å². The van der Waals surface area contributed by atoms with Gasteiger partial charge in [-0.2, -0.15) is 31.6 Å². The summed E-state index contributed by atoms with van der Waals surface area (Å²) in [5.74, 6) is 0. The van der Waals surface area contributed by atoms with Gasteiger partial charge in [0.15, 0.2) is 0 Å². The number of halogens is 6. The monoisotopic (exact) mass is 833 g/mol. The van der Waals surface area contributed by atoms with Crippen LogP contribution >= 0.6 is 0 Å². The van der Waals surface area contributed by atoms with Gasteiger partial charge in [0.05, 0.1) is 56.2 Å². The minimum absolute atomic E-state index is 0.139. The highest BCUT2D eigenvalue weighted by Crippen LogP contribution is 2.48. The molecule has 0 aliphatic rings. The van der Waals surface area contributed by atoms with Crippen molar-refractivity contribution in [3.63, 3.8) is 0 Å². The maximum absolute atomic E-state index is 14.8. The fraction of sp³-hybridized carbons (Fsp3) is 0.189. The Labute approximate surface area is 355 Å². The molecule has 3 nitrogen and oxygen atoms in total. The highest BCUT2D eigenvalue weighted by atomic mass is 19.4. The molecule has 0 N–H and O–H groups in total. The standard InChI is InChI=1S/C53H41F6N3/c1-50(2,3)33-20-24-46-39(28-33)35-12-7-9-16-43(35)61(46)45-23-18-31(30-60)26-38(45)37-22-19-32(49-41(52(54,55)56)14-11-15-42(49)53(57,58)59)27-48(37)62-44-17-10-8-13-36(44)40-29-34(51(4,5)6)21-25-47(40)62/h7-29H,1-6H3. The first kappa shape index (κ1) is 40.6. The smallest absolute Gasteiger partial charge is 0.309 e. The van der Waals surface area contributed by atoms with Crippen LogP contribution in [0.15, 0.2) is 140 Å². The Morgan fingerprint density at radius 3 is 1.40 bits per heavy atom. The fourth-order valence-electron chi connectivity index (χ4n) is 8.85. The molecule has 2 heterocycles. The van der Waals surface area contributed by atoms with E-state index in [1.54, 1.807) is 18.2 Å². The fourth-order valence-corrected chi connectivity index (χ4v) is 8.85. The number of fused-ring (bicyclic) bond motifs is 6. The second-order valence-electron chi connectivity index (χ2n) is 18.0. The molecule has 9 rings (SSSR count). The van der Waals surface area contributed by atoms with Crippen molar-refractivity contribution in [3.05, 3.63) is 167 Å². The van der Waals surface area contributed by atoms with Gasteiger partial charge in [-0.3, -0.25) is 0 Å². The lowest BCUT2D eigenvalue weighted by molar-refractivity contribution is -0.142. The van der Waals surface area contributed by atoms with E-state index >= 15 is 0 Å². The van der Waals surface area contributed by atoms with Crippen molar-refractivity contribution in [2.75, 3.05) is 0 Å². The average molecular weight is 834 g/mol. The predicted molar refractivity (Wildman–Crippen MR) is 238 cm³/mol. The predicted octanol–water partition coefficient (Wildman–Crippen LogP) is 15.7. The molecule has 0 radical (unpaired) electrons. The van der Waals surface area contributed by atoms with Gasteiger partial charge >= 0.3 is 12.4 Å². The number of para-hydroxylation sites is 2. The van der Waals surface area contributed by atoms with Gasteiger partial charge in [-0.1, -0.05) is 108 Å². The normalized spacial score (nSPS) is 12.8. The van der Waals surface area contributed by atoms with Crippen LogP contribution in [0.1, 0.15) is 69.4 Å². The maximum atomic E-state index is 14.8. The Kier molecular flexibility index (Phi) is 9.26. The summed E-state index contributed by atoms with van der Waals surface area (Å²) in [6.45, 7) is 12.8. The van der Waals surface area contributed by atoms with Crippen molar-refractivity contribution in [3.8, 4) is 39.7 Å². The van der Waals surface area contributed by atoms with E-state index in [1.165, 1.54) is 12.1 Å². The molecule has 0 bridgehead atoms. The van der Waals surface area contributed by atoms with E-state index in [0.29, 0.717) is 51.2 Å². The first-order chi connectivity index (χ1) is 29.3. The van der Waals surface area contributed by atoms with Crippen molar-refractivity contribution in [2.24, 2.45) is 0 Å². The first-order valence-corrected chi connectivity index (χ1v) is 20.3. The zero-order chi connectivity index (χ0) is 44.1. The van der Waals surface area contributed by atoms with Crippen LogP contribution in [0.2, 0.25) is 0 Å². The molecule has 0 saturated carbocycles. The van der Waals surface area contributed by atoms with Crippen LogP contribution in [0.3, 0.4) is 0 Å². The summed E-state index contributed by atoms with van der Waals surface area (Å²) in [7, 11) is 0. The molecule has 0 spiro atoms. The zero-order valence-corrected chi connectivity index (χ0v) is 34.9. The molecule has 0 aliphatic carbocycles. The number of hydrogen-bond donors (Lipinski definition) is 0.